The van der Waals surface area contributed by atoms with Gasteiger partial charge in [0.05, 0.1) is 13.1 Å². The molecule has 0 saturated heterocycles. The summed E-state index contributed by atoms with van der Waals surface area (Å²) in [5.74, 6) is 0.106. The van der Waals surface area contributed by atoms with Crippen LogP contribution in [0.1, 0.15) is 32.6 Å². The van der Waals surface area contributed by atoms with Crippen molar-refractivity contribution in [3.8, 4) is 0 Å². The number of carbonyl (C=O) groups excluding carboxylic acids is 1. The molecule has 1 saturated carbocycles. The van der Waals surface area contributed by atoms with Gasteiger partial charge in [-0.1, -0.05) is 12.8 Å². The quantitative estimate of drug-likeness (QED) is 0.841. The molecule has 0 radical (unpaired) electrons. The SMILES string of the molecule is CC(Cn1cccn1)NC(=O)CN(C)C1CCCC1. The molecule has 1 amide bonds. The number of hydrogen-bond acceptors (Lipinski definition) is 3. The van der Waals surface area contributed by atoms with Gasteiger partial charge in [-0.3, -0.25) is 14.4 Å². The summed E-state index contributed by atoms with van der Waals surface area (Å²) in [6, 6.07) is 2.58. The molecule has 1 N–H and O–H groups in total. The summed E-state index contributed by atoms with van der Waals surface area (Å²) in [4.78, 5) is 14.2. The van der Waals surface area contributed by atoms with E-state index in [1.54, 1.807) is 6.20 Å². The van der Waals surface area contributed by atoms with E-state index in [4.69, 9.17) is 0 Å². The molecule has 106 valence electrons. The molecule has 0 aromatic carbocycles. The lowest BCUT2D eigenvalue weighted by Gasteiger charge is -2.24. The van der Waals surface area contributed by atoms with E-state index in [9.17, 15) is 4.79 Å². The Bertz CT molecular complexity index is 384. The topological polar surface area (TPSA) is 50.2 Å². The van der Waals surface area contributed by atoms with Crippen LogP contribution in [0.4, 0.5) is 0 Å². The first kappa shape index (κ1) is 14.1. The van der Waals surface area contributed by atoms with Crippen LogP contribution in [-0.2, 0) is 11.3 Å². The van der Waals surface area contributed by atoms with Crippen molar-refractivity contribution in [3.05, 3.63) is 18.5 Å². The zero-order chi connectivity index (χ0) is 13.7. The predicted octanol–water partition coefficient (Wildman–Crippen LogP) is 1.26. The fourth-order valence-corrected chi connectivity index (χ4v) is 2.76. The van der Waals surface area contributed by atoms with Gasteiger partial charge in [-0.2, -0.15) is 5.10 Å². The van der Waals surface area contributed by atoms with Gasteiger partial charge in [-0.15, -0.1) is 0 Å². The molecule has 1 aliphatic carbocycles. The number of carbonyl (C=O) groups is 1. The molecule has 1 aromatic rings. The highest BCUT2D eigenvalue weighted by molar-refractivity contribution is 5.78. The Morgan fingerprint density at radius 3 is 2.89 bits per heavy atom. The van der Waals surface area contributed by atoms with Crippen LogP contribution in [0.15, 0.2) is 18.5 Å². The maximum absolute atomic E-state index is 12.0. The lowest BCUT2D eigenvalue weighted by Crippen LogP contribution is -2.43. The number of rotatable bonds is 6. The minimum atomic E-state index is 0.101. The summed E-state index contributed by atoms with van der Waals surface area (Å²) >= 11 is 0. The molecular weight excluding hydrogens is 240 g/mol. The number of amides is 1. The molecular formula is C14H24N4O. The van der Waals surface area contributed by atoms with Crippen molar-refractivity contribution in [1.82, 2.24) is 20.0 Å². The van der Waals surface area contributed by atoms with Crippen LogP contribution in [0.3, 0.4) is 0 Å². The van der Waals surface area contributed by atoms with Gasteiger partial charge >= 0.3 is 0 Å². The van der Waals surface area contributed by atoms with Crippen molar-refractivity contribution in [2.24, 2.45) is 0 Å². The zero-order valence-corrected chi connectivity index (χ0v) is 11.9. The minimum Gasteiger partial charge on any atom is -0.351 e. The van der Waals surface area contributed by atoms with Gasteiger partial charge in [-0.05, 0) is 32.9 Å². The van der Waals surface area contributed by atoms with E-state index in [0.717, 1.165) is 0 Å². The Balaban J connectivity index is 1.71. The number of likely N-dealkylation sites (N-methyl/N-ethyl adjacent to an activating group) is 1. The number of nitrogens with one attached hydrogen (secondary N) is 1. The van der Waals surface area contributed by atoms with Gasteiger partial charge in [0, 0.05) is 24.5 Å². The van der Waals surface area contributed by atoms with Crippen molar-refractivity contribution in [1.29, 1.82) is 0 Å². The van der Waals surface area contributed by atoms with Crippen LogP contribution in [0.5, 0.6) is 0 Å². The molecule has 0 bridgehead atoms. The second-order valence-electron chi connectivity index (χ2n) is 5.55. The van der Waals surface area contributed by atoms with Gasteiger partial charge in [0.25, 0.3) is 0 Å². The Kier molecular flexibility index (Phi) is 4.96. The number of hydrogen-bond donors (Lipinski definition) is 1. The average molecular weight is 264 g/mol. The van der Waals surface area contributed by atoms with E-state index in [1.165, 1.54) is 25.7 Å². The maximum atomic E-state index is 12.0. The van der Waals surface area contributed by atoms with Crippen molar-refractivity contribution in [2.45, 2.75) is 51.2 Å². The molecule has 5 nitrogen and oxygen atoms in total. The third kappa shape index (κ3) is 4.35. The number of nitrogens with zero attached hydrogens (tertiary/aromatic N) is 3. The van der Waals surface area contributed by atoms with Crippen LogP contribution in [0.2, 0.25) is 0 Å². The van der Waals surface area contributed by atoms with Gasteiger partial charge in [0.15, 0.2) is 0 Å². The minimum absolute atomic E-state index is 0.101. The second-order valence-corrected chi connectivity index (χ2v) is 5.55. The standard InChI is InChI=1S/C14H24N4O/c1-12(10-18-9-5-8-15-18)16-14(19)11-17(2)13-6-3-4-7-13/h5,8-9,12-13H,3-4,6-7,10-11H2,1-2H3,(H,16,19). The molecule has 0 aliphatic heterocycles. The van der Waals surface area contributed by atoms with Gasteiger partial charge in [-0.25, -0.2) is 0 Å². The molecule has 1 heterocycles. The van der Waals surface area contributed by atoms with Crippen LogP contribution < -0.4 is 5.32 Å². The third-order valence-corrected chi connectivity index (χ3v) is 3.77. The van der Waals surface area contributed by atoms with Crippen molar-refractivity contribution >= 4 is 5.91 Å². The molecule has 2 rings (SSSR count). The summed E-state index contributed by atoms with van der Waals surface area (Å²) in [6.07, 6.45) is 8.72. The second kappa shape index (κ2) is 6.70. The Labute approximate surface area is 115 Å². The highest BCUT2D eigenvalue weighted by Gasteiger charge is 2.21. The van der Waals surface area contributed by atoms with E-state index in [2.05, 4.69) is 15.3 Å². The maximum Gasteiger partial charge on any atom is 0.234 e. The van der Waals surface area contributed by atoms with E-state index in [0.29, 0.717) is 19.1 Å². The first-order chi connectivity index (χ1) is 9.15. The lowest BCUT2D eigenvalue weighted by molar-refractivity contribution is -0.123. The van der Waals surface area contributed by atoms with Crippen molar-refractivity contribution < 1.29 is 4.79 Å². The van der Waals surface area contributed by atoms with Gasteiger partial charge in [0.1, 0.15) is 0 Å². The van der Waals surface area contributed by atoms with E-state index >= 15 is 0 Å². The normalized spacial score (nSPS) is 17.8. The van der Waals surface area contributed by atoms with Gasteiger partial charge < -0.3 is 5.32 Å². The van der Waals surface area contributed by atoms with E-state index in [-0.39, 0.29) is 11.9 Å². The summed E-state index contributed by atoms with van der Waals surface area (Å²) in [7, 11) is 2.05. The fraction of sp³-hybridized carbons (Fsp3) is 0.714. The number of aromatic nitrogens is 2. The zero-order valence-electron chi connectivity index (χ0n) is 11.9. The smallest absolute Gasteiger partial charge is 0.234 e. The van der Waals surface area contributed by atoms with Gasteiger partial charge in [0.2, 0.25) is 5.91 Å². The fourth-order valence-electron chi connectivity index (χ4n) is 2.76. The van der Waals surface area contributed by atoms with E-state index in [1.807, 2.05) is 30.9 Å². The summed E-state index contributed by atoms with van der Waals surface area (Å²) in [6.45, 7) is 3.22. The van der Waals surface area contributed by atoms with E-state index < -0.39 is 0 Å². The van der Waals surface area contributed by atoms with Crippen molar-refractivity contribution in [2.75, 3.05) is 13.6 Å². The first-order valence-electron chi connectivity index (χ1n) is 7.12. The Morgan fingerprint density at radius 2 is 2.26 bits per heavy atom. The molecule has 0 spiro atoms. The van der Waals surface area contributed by atoms with Crippen LogP contribution >= 0.6 is 0 Å². The lowest BCUT2D eigenvalue weighted by atomic mass is 10.2. The molecule has 1 aliphatic rings. The molecule has 1 fully saturated rings. The molecule has 1 unspecified atom stereocenters. The predicted molar refractivity (Wildman–Crippen MR) is 74.7 cm³/mol. The monoisotopic (exact) mass is 264 g/mol. The van der Waals surface area contributed by atoms with Crippen LogP contribution in [0, 0.1) is 0 Å². The molecule has 19 heavy (non-hydrogen) atoms. The van der Waals surface area contributed by atoms with Crippen LogP contribution in [-0.4, -0.2) is 46.3 Å². The Hall–Kier alpha value is -1.36. The highest BCUT2D eigenvalue weighted by atomic mass is 16.2. The largest absolute Gasteiger partial charge is 0.351 e. The highest BCUT2D eigenvalue weighted by Crippen LogP contribution is 2.21. The summed E-state index contributed by atoms with van der Waals surface area (Å²) in [5, 5.41) is 7.17. The average Bonchev–Trinajstić information content (AvgIpc) is 3.00. The third-order valence-electron chi connectivity index (χ3n) is 3.77. The molecule has 5 heteroatoms. The summed E-state index contributed by atoms with van der Waals surface area (Å²) in [5.41, 5.74) is 0. The Morgan fingerprint density at radius 1 is 1.53 bits per heavy atom. The molecule has 1 aromatic heterocycles. The van der Waals surface area contributed by atoms with Crippen molar-refractivity contribution in [3.63, 3.8) is 0 Å². The van der Waals surface area contributed by atoms with Crippen LogP contribution in [0.25, 0.3) is 0 Å². The first-order valence-corrected chi connectivity index (χ1v) is 7.12. The summed E-state index contributed by atoms with van der Waals surface area (Å²) < 4.78 is 1.84. The molecule has 1 atom stereocenters.